The predicted molar refractivity (Wildman–Crippen MR) is 114 cm³/mol. The van der Waals surface area contributed by atoms with Gasteiger partial charge in [-0.15, -0.1) is 0 Å². The molecule has 0 radical (unpaired) electrons. The first-order valence-corrected chi connectivity index (χ1v) is 12.3. The van der Waals surface area contributed by atoms with Crippen molar-refractivity contribution in [3.8, 4) is 5.75 Å². The molecule has 0 heterocycles. The van der Waals surface area contributed by atoms with Gasteiger partial charge >= 0.3 is 0 Å². The molecular formula is C22H36FNO4S. The Balaban J connectivity index is 2.06. The summed E-state index contributed by atoms with van der Waals surface area (Å²) in [5.41, 5.74) is -0.908. The lowest BCUT2D eigenvalue weighted by atomic mass is 9.91. The lowest BCUT2D eigenvalue weighted by Gasteiger charge is -2.28. The van der Waals surface area contributed by atoms with Crippen LogP contribution in [0.15, 0.2) is 18.2 Å². The monoisotopic (exact) mass is 429 g/mol. The summed E-state index contributed by atoms with van der Waals surface area (Å²) >= 11 is 0. The van der Waals surface area contributed by atoms with Crippen molar-refractivity contribution in [3.05, 3.63) is 29.6 Å². The smallest absolute Gasteiger partial charge is 0.211 e. The van der Waals surface area contributed by atoms with Gasteiger partial charge in [-0.05, 0) is 68.1 Å². The van der Waals surface area contributed by atoms with Crippen molar-refractivity contribution in [1.82, 2.24) is 4.72 Å². The predicted octanol–water partition coefficient (Wildman–Crippen LogP) is 4.49. The number of rotatable bonds is 10. The van der Waals surface area contributed by atoms with Crippen molar-refractivity contribution in [2.75, 3.05) is 12.3 Å². The van der Waals surface area contributed by atoms with Gasteiger partial charge in [-0.3, -0.25) is 0 Å². The fraction of sp³-hybridized carbons (Fsp3) is 0.727. The topological polar surface area (TPSA) is 75.6 Å². The van der Waals surface area contributed by atoms with Gasteiger partial charge in [0.25, 0.3) is 0 Å². The summed E-state index contributed by atoms with van der Waals surface area (Å²) in [6.07, 6.45) is 5.57. The number of aliphatic hydroxyl groups is 1. The molecule has 1 saturated carbocycles. The Kier molecular flexibility index (Phi) is 8.10. The molecule has 0 amide bonds. The summed E-state index contributed by atoms with van der Waals surface area (Å²) < 4.78 is 47.2. The van der Waals surface area contributed by atoms with Gasteiger partial charge in [-0.25, -0.2) is 17.5 Å². The van der Waals surface area contributed by atoms with Gasteiger partial charge in [-0.1, -0.05) is 33.8 Å². The Morgan fingerprint density at radius 1 is 1.24 bits per heavy atom. The van der Waals surface area contributed by atoms with Gasteiger partial charge in [-0.2, -0.15) is 0 Å². The van der Waals surface area contributed by atoms with Gasteiger partial charge in [0.2, 0.25) is 10.0 Å². The average Bonchev–Trinajstić information content (AvgIpc) is 3.13. The van der Waals surface area contributed by atoms with Crippen molar-refractivity contribution in [2.24, 2.45) is 5.41 Å². The number of halogens is 1. The molecule has 29 heavy (non-hydrogen) atoms. The molecule has 166 valence electrons. The van der Waals surface area contributed by atoms with Gasteiger partial charge in [0, 0.05) is 6.54 Å². The zero-order valence-electron chi connectivity index (χ0n) is 18.1. The zero-order valence-corrected chi connectivity index (χ0v) is 18.9. The first-order valence-electron chi connectivity index (χ1n) is 10.6. The standard InChI is InChI=1S/C22H36FNO4S/c1-5-22(25,16-24-29(26,27)14-8-13-21(2,3)4)17-11-12-19(23)20(15-17)28-18-9-6-7-10-18/h11-12,15,18,24-25H,5-10,13-14,16H2,1-4H3. The summed E-state index contributed by atoms with van der Waals surface area (Å²) in [6, 6.07) is 4.28. The Bertz CT molecular complexity index is 770. The van der Waals surface area contributed by atoms with Crippen LogP contribution in [0.1, 0.15) is 78.2 Å². The number of nitrogens with one attached hydrogen (secondary N) is 1. The number of benzene rings is 1. The molecular weight excluding hydrogens is 393 g/mol. The van der Waals surface area contributed by atoms with Crippen molar-refractivity contribution < 1.29 is 22.7 Å². The number of ether oxygens (including phenoxy) is 1. The number of hydrogen-bond acceptors (Lipinski definition) is 4. The third-order valence-corrected chi connectivity index (χ3v) is 6.98. The largest absolute Gasteiger partial charge is 0.487 e. The second kappa shape index (κ2) is 9.75. The molecule has 2 N–H and O–H groups in total. The molecule has 0 aromatic heterocycles. The summed E-state index contributed by atoms with van der Waals surface area (Å²) in [5, 5.41) is 11.1. The first kappa shape index (κ1) is 24.1. The molecule has 1 aliphatic carbocycles. The number of sulfonamides is 1. The van der Waals surface area contributed by atoms with Crippen molar-refractivity contribution >= 4 is 10.0 Å². The summed E-state index contributed by atoms with van der Waals surface area (Å²) in [5.74, 6) is -0.333. The van der Waals surface area contributed by atoms with E-state index >= 15 is 0 Å². The second-order valence-electron chi connectivity index (χ2n) is 9.36. The van der Waals surface area contributed by atoms with Gasteiger partial charge in [0.05, 0.1) is 11.9 Å². The Hall–Kier alpha value is -1.18. The number of hydrogen-bond donors (Lipinski definition) is 2. The highest BCUT2D eigenvalue weighted by Crippen LogP contribution is 2.32. The maximum atomic E-state index is 14.2. The van der Waals surface area contributed by atoms with E-state index in [1.54, 1.807) is 6.92 Å². The van der Waals surface area contributed by atoms with Crippen molar-refractivity contribution in [2.45, 2.75) is 84.3 Å². The van der Waals surface area contributed by atoms with Crippen LogP contribution in [0.4, 0.5) is 4.39 Å². The molecule has 1 unspecified atom stereocenters. The van der Waals surface area contributed by atoms with E-state index in [2.05, 4.69) is 25.5 Å². The molecule has 0 aliphatic heterocycles. The minimum Gasteiger partial charge on any atom is -0.487 e. The fourth-order valence-corrected chi connectivity index (χ4v) is 4.72. The minimum absolute atomic E-state index is 0.00390. The molecule has 1 aromatic rings. The van der Waals surface area contributed by atoms with Crippen LogP contribution in [0.2, 0.25) is 0 Å². The van der Waals surface area contributed by atoms with E-state index in [0.29, 0.717) is 12.0 Å². The molecule has 1 atom stereocenters. The van der Waals surface area contributed by atoms with Crippen LogP contribution in [-0.2, 0) is 15.6 Å². The van der Waals surface area contributed by atoms with E-state index in [-0.39, 0.29) is 36.0 Å². The van der Waals surface area contributed by atoms with Gasteiger partial charge in [0.15, 0.2) is 11.6 Å². The minimum atomic E-state index is -3.51. The maximum absolute atomic E-state index is 14.2. The Morgan fingerprint density at radius 3 is 2.48 bits per heavy atom. The first-order chi connectivity index (χ1) is 13.4. The highest BCUT2D eigenvalue weighted by atomic mass is 32.2. The van der Waals surface area contributed by atoms with E-state index in [0.717, 1.165) is 32.1 Å². The van der Waals surface area contributed by atoms with E-state index in [4.69, 9.17) is 4.74 Å². The quantitative estimate of drug-likeness (QED) is 0.575. The molecule has 0 spiro atoms. The van der Waals surface area contributed by atoms with E-state index in [9.17, 15) is 17.9 Å². The lowest BCUT2D eigenvalue weighted by molar-refractivity contribution is 0.0375. The Labute approximate surface area is 175 Å². The van der Waals surface area contributed by atoms with E-state index < -0.39 is 21.4 Å². The summed E-state index contributed by atoms with van der Waals surface area (Å²) in [7, 11) is -3.51. The fourth-order valence-electron chi connectivity index (χ4n) is 3.59. The average molecular weight is 430 g/mol. The van der Waals surface area contributed by atoms with Crippen molar-refractivity contribution in [3.63, 3.8) is 0 Å². The molecule has 1 aromatic carbocycles. The normalized spacial score (nSPS) is 18.0. The molecule has 1 aliphatic rings. The maximum Gasteiger partial charge on any atom is 0.211 e. The molecule has 0 saturated heterocycles. The summed E-state index contributed by atoms with van der Waals surface area (Å²) in [4.78, 5) is 0. The van der Waals surface area contributed by atoms with E-state index in [1.807, 2.05) is 0 Å². The lowest BCUT2D eigenvalue weighted by Crippen LogP contribution is -2.41. The second-order valence-corrected chi connectivity index (χ2v) is 11.3. The zero-order chi connectivity index (χ0) is 21.7. The SMILES string of the molecule is CCC(O)(CNS(=O)(=O)CCCC(C)(C)C)c1ccc(F)c(OC2CCCC2)c1. The van der Waals surface area contributed by atoms with Crippen LogP contribution < -0.4 is 9.46 Å². The Morgan fingerprint density at radius 2 is 1.90 bits per heavy atom. The highest BCUT2D eigenvalue weighted by Gasteiger charge is 2.30. The van der Waals surface area contributed by atoms with Gasteiger partial charge in [0.1, 0.15) is 5.60 Å². The summed E-state index contributed by atoms with van der Waals surface area (Å²) in [6.45, 7) is 7.83. The molecule has 5 nitrogen and oxygen atoms in total. The third kappa shape index (κ3) is 7.54. The molecule has 0 bridgehead atoms. The van der Waals surface area contributed by atoms with Crippen LogP contribution >= 0.6 is 0 Å². The van der Waals surface area contributed by atoms with Gasteiger partial charge < -0.3 is 9.84 Å². The third-order valence-electron chi connectivity index (χ3n) is 5.57. The molecule has 1 fully saturated rings. The van der Waals surface area contributed by atoms with Crippen LogP contribution in [0.5, 0.6) is 5.75 Å². The van der Waals surface area contributed by atoms with Crippen LogP contribution in [0.25, 0.3) is 0 Å². The molecule has 2 rings (SSSR count). The van der Waals surface area contributed by atoms with Crippen LogP contribution in [0, 0.1) is 11.2 Å². The van der Waals surface area contributed by atoms with Crippen LogP contribution in [-0.4, -0.2) is 31.9 Å². The highest BCUT2D eigenvalue weighted by molar-refractivity contribution is 7.89. The van der Waals surface area contributed by atoms with Crippen molar-refractivity contribution in [1.29, 1.82) is 0 Å². The van der Waals surface area contributed by atoms with E-state index in [1.165, 1.54) is 18.2 Å². The molecule has 7 heteroatoms. The van der Waals surface area contributed by atoms with Crippen LogP contribution in [0.3, 0.4) is 0 Å².